The lowest BCUT2D eigenvalue weighted by atomic mass is 10.0. The third-order valence-corrected chi connectivity index (χ3v) is 4.86. The van der Waals surface area contributed by atoms with Crippen LogP contribution in [0.25, 0.3) is 0 Å². The smallest absolute Gasteiger partial charge is 0.325 e. The van der Waals surface area contributed by atoms with Gasteiger partial charge in [-0.3, -0.25) is 29.1 Å². The molecule has 0 aromatic carbocycles. The number of aromatic nitrogens is 2. The number of amides is 2. The number of nitrogens with zero attached hydrogens (tertiary/aromatic N) is 2. The van der Waals surface area contributed by atoms with Crippen molar-refractivity contribution in [2.24, 2.45) is 5.73 Å². The minimum Gasteiger partial charge on any atom is -0.480 e. The van der Waals surface area contributed by atoms with E-state index in [9.17, 15) is 29.4 Å². The van der Waals surface area contributed by atoms with E-state index in [2.05, 4.69) is 20.6 Å². The van der Waals surface area contributed by atoms with Gasteiger partial charge >= 0.3 is 5.97 Å². The molecule has 1 aromatic rings. The number of nitrogens with two attached hydrogens (primary N) is 2. The molecule has 14 nitrogen and oxygen atoms in total. The lowest BCUT2D eigenvalue weighted by Gasteiger charge is -2.39. The highest BCUT2D eigenvalue weighted by Crippen LogP contribution is 2.29. The number of anilines is 3. The van der Waals surface area contributed by atoms with E-state index >= 15 is 0 Å². The van der Waals surface area contributed by atoms with Gasteiger partial charge in [0.25, 0.3) is 5.56 Å². The number of hydrogen-bond acceptors (Lipinski definition) is 10. The number of nitrogens with one attached hydrogen (secondary N) is 3. The van der Waals surface area contributed by atoms with Crippen LogP contribution >= 0.6 is 0 Å². The molecule has 32 heavy (non-hydrogen) atoms. The number of nitrogen functional groups attached to an aromatic ring is 1. The van der Waals surface area contributed by atoms with Crippen LogP contribution in [0.15, 0.2) is 4.79 Å². The summed E-state index contributed by atoms with van der Waals surface area (Å²) >= 11 is 0. The van der Waals surface area contributed by atoms with Crippen molar-refractivity contribution >= 4 is 35.2 Å². The Bertz CT molecular complexity index is 904. The van der Waals surface area contributed by atoms with Gasteiger partial charge in [-0.25, -0.2) is 0 Å². The van der Waals surface area contributed by atoms with E-state index in [1.54, 1.807) is 0 Å². The van der Waals surface area contributed by atoms with Crippen molar-refractivity contribution in [3.8, 4) is 0 Å². The summed E-state index contributed by atoms with van der Waals surface area (Å²) in [5.74, 6) is -2.80. The average molecular weight is 457 g/mol. The third kappa shape index (κ3) is 5.93. The Morgan fingerprint density at radius 3 is 2.50 bits per heavy atom. The molecule has 0 bridgehead atoms. The van der Waals surface area contributed by atoms with Crippen molar-refractivity contribution in [1.82, 2.24) is 15.3 Å². The molecule has 0 spiro atoms. The molecule has 2 rings (SSSR count). The minimum atomic E-state index is -1.39. The summed E-state index contributed by atoms with van der Waals surface area (Å²) in [7, 11) is 0. The second-order valence-electron chi connectivity index (χ2n) is 7.31. The summed E-state index contributed by atoms with van der Waals surface area (Å²) in [4.78, 5) is 55.6. The van der Waals surface area contributed by atoms with E-state index < -0.39 is 53.7 Å². The molecule has 0 fully saturated rings. The summed E-state index contributed by atoms with van der Waals surface area (Å²) in [5, 5.41) is 34.0. The monoisotopic (exact) mass is 457 g/mol. The van der Waals surface area contributed by atoms with Gasteiger partial charge in [0.1, 0.15) is 12.1 Å². The second-order valence-corrected chi connectivity index (χ2v) is 7.31. The highest BCUT2D eigenvalue weighted by Gasteiger charge is 2.39. The van der Waals surface area contributed by atoms with E-state index in [1.165, 1.54) is 13.8 Å². The zero-order valence-corrected chi connectivity index (χ0v) is 17.0. The molecule has 5 atom stereocenters. The summed E-state index contributed by atoms with van der Waals surface area (Å²) < 4.78 is 0. The van der Waals surface area contributed by atoms with Crippen molar-refractivity contribution < 1.29 is 29.7 Å². The Hall–Kier alpha value is -3.23. The Balaban J connectivity index is 0.00000512. The fraction of sp³-hybridized carbons (Fsp3) is 0.611. The topological polar surface area (TPSA) is 237 Å². The molecule has 2 amide bonds. The molecule has 14 heteroatoms. The lowest BCUT2D eigenvalue weighted by Crippen LogP contribution is -2.58. The molecule has 1 aliphatic rings. The Morgan fingerprint density at radius 2 is 1.94 bits per heavy atom. The zero-order valence-electron chi connectivity index (χ0n) is 17.0. The van der Waals surface area contributed by atoms with E-state index in [1.807, 2.05) is 0 Å². The first kappa shape index (κ1) is 26.8. The maximum absolute atomic E-state index is 13.0. The van der Waals surface area contributed by atoms with E-state index in [0.29, 0.717) is 0 Å². The fourth-order valence-corrected chi connectivity index (χ4v) is 3.11. The van der Waals surface area contributed by atoms with E-state index in [-0.39, 0.29) is 44.3 Å². The van der Waals surface area contributed by atoms with Crippen LogP contribution in [0.3, 0.4) is 0 Å². The SMILES string of the molecule is C.C[C@H](O)[C@H](O)[C@H]1CNc2nc(N)[nH]c(=O)c2N1C(=O)CC[C@@H](N)C(=O)N[C@H](C)C(=O)O. The highest BCUT2D eigenvalue weighted by molar-refractivity contribution is 5.98. The lowest BCUT2D eigenvalue weighted by molar-refractivity contribution is -0.141. The number of H-pyrrole nitrogens is 1. The number of carboxylic acids is 1. The fourth-order valence-electron chi connectivity index (χ4n) is 3.11. The predicted octanol–water partition coefficient (Wildman–Crippen LogP) is -2.45. The number of carboxylic acid groups (broad SMARTS) is 1. The number of aliphatic carboxylic acids is 1. The van der Waals surface area contributed by atoms with Crippen molar-refractivity contribution in [3.05, 3.63) is 10.4 Å². The van der Waals surface area contributed by atoms with E-state index in [0.717, 1.165) is 4.90 Å². The summed E-state index contributed by atoms with van der Waals surface area (Å²) in [6, 6.07) is -3.35. The quantitative estimate of drug-likeness (QED) is 0.204. The highest BCUT2D eigenvalue weighted by atomic mass is 16.4. The van der Waals surface area contributed by atoms with Crippen molar-refractivity contribution in [1.29, 1.82) is 0 Å². The molecule has 0 radical (unpaired) electrons. The number of rotatable bonds is 8. The van der Waals surface area contributed by atoms with E-state index in [4.69, 9.17) is 16.6 Å². The van der Waals surface area contributed by atoms with Crippen LogP contribution in [0, 0.1) is 0 Å². The first-order chi connectivity index (χ1) is 14.4. The molecule has 2 heterocycles. The van der Waals surface area contributed by atoms with Gasteiger partial charge in [0.05, 0.1) is 18.2 Å². The van der Waals surface area contributed by atoms with Crippen LogP contribution in [-0.4, -0.2) is 79.9 Å². The number of hydrogen-bond donors (Lipinski definition) is 8. The molecular weight excluding hydrogens is 426 g/mol. The molecule has 0 unspecified atom stereocenters. The Kier molecular flexibility index (Phi) is 9.11. The molecular formula is C18H31N7O7. The van der Waals surface area contributed by atoms with Gasteiger partial charge in [-0.15, -0.1) is 0 Å². The Labute approximate surface area is 184 Å². The predicted molar refractivity (Wildman–Crippen MR) is 116 cm³/mol. The van der Waals surface area contributed by atoms with Crippen LogP contribution in [0.1, 0.15) is 34.1 Å². The summed E-state index contributed by atoms with van der Waals surface area (Å²) in [6.07, 6.45) is -3.07. The first-order valence-electron chi connectivity index (χ1n) is 9.54. The van der Waals surface area contributed by atoms with Gasteiger partial charge in [-0.2, -0.15) is 4.98 Å². The van der Waals surface area contributed by atoms with Crippen molar-refractivity contribution in [2.75, 3.05) is 22.5 Å². The first-order valence-corrected chi connectivity index (χ1v) is 9.54. The third-order valence-electron chi connectivity index (χ3n) is 4.86. The van der Waals surface area contributed by atoms with Crippen LogP contribution < -0.4 is 32.6 Å². The van der Waals surface area contributed by atoms with Gasteiger partial charge < -0.3 is 37.4 Å². The molecule has 180 valence electrons. The van der Waals surface area contributed by atoms with Crippen LogP contribution in [-0.2, 0) is 14.4 Å². The molecule has 1 aromatic heterocycles. The number of carbonyl (C=O) groups excluding carboxylic acids is 2. The number of aliphatic hydroxyl groups excluding tert-OH is 2. The second kappa shape index (κ2) is 10.9. The molecule has 0 saturated heterocycles. The maximum Gasteiger partial charge on any atom is 0.325 e. The van der Waals surface area contributed by atoms with Crippen LogP contribution in [0.4, 0.5) is 17.5 Å². The van der Waals surface area contributed by atoms with Crippen molar-refractivity contribution in [3.63, 3.8) is 0 Å². The standard InChI is InChI=1S/C17H27N7O7.CH4/c1-6(16(30)31)21-14(28)8(18)3-4-10(26)24-9(12(27)7(2)25)5-20-13-11(24)15(29)23-17(19)22-13;/h6-9,12,25,27H,3-5,18H2,1-2H3,(H,21,28)(H,30,31)(H4,19,20,22,23,29);1H4/t6-,7+,8-,9-,12+;/m1./s1. The summed E-state index contributed by atoms with van der Waals surface area (Å²) in [6.45, 7) is 2.57. The summed E-state index contributed by atoms with van der Waals surface area (Å²) in [5.41, 5.74) is 10.4. The van der Waals surface area contributed by atoms with Crippen molar-refractivity contribution in [2.45, 2.75) is 64.4 Å². The molecule has 10 N–H and O–H groups in total. The molecule has 1 aliphatic heterocycles. The van der Waals surface area contributed by atoms with Crippen LogP contribution in [0.5, 0.6) is 0 Å². The van der Waals surface area contributed by atoms with Gasteiger partial charge in [-0.1, -0.05) is 7.43 Å². The van der Waals surface area contributed by atoms with Gasteiger partial charge in [0.2, 0.25) is 17.8 Å². The van der Waals surface area contributed by atoms with Crippen LogP contribution in [0.2, 0.25) is 0 Å². The molecule has 0 saturated carbocycles. The maximum atomic E-state index is 13.0. The van der Waals surface area contributed by atoms with Gasteiger partial charge in [0.15, 0.2) is 11.5 Å². The average Bonchev–Trinajstić information content (AvgIpc) is 2.69. The number of aromatic amines is 1. The van der Waals surface area contributed by atoms with Gasteiger partial charge in [-0.05, 0) is 20.3 Å². The largest absolute Gasteiger partial charge is 0.480 e. The number of carbonyl (C=O) groups is 3. The zero-order chi connectivity index (χ0) is 23.5. The number of fused-ring (bicyclic) bond motifs is 1. The minimum absolute atomic E-state index is 0. The van der Waals surface area contributed by atoms with Gasteiger partial charge in [0, 0.05) is 13.0 Å². The molecule has 0 aliphatic carbocycles. The number of aliphatic hydroxyl groups is 2. The normalized spacial score (nSPS) is 18.8. The Morgan fingerprint density at radius 1 is 1.31 bits per heavy atom.